The lowest BCUT2D eigenvalue weighted by Crippen LogP contribution is -2.17. The zero-order valence-electron chi connectivity index (χ0n) is 23.7. The van der Waals surface area contributed by atoms with Gasteiger partial charge in [0.1, 0.15) is 11.6 Å². The Morgan fingerprint density at radius 1 is 0.659 bits per heavy atom. The van der Waals surface area contributed by atoms with E-state index in [4.69, 9.17) is 28.9 Å². The molecule has 0 unspecified atom stereocenters. The number of benzene rings is 4. The summed E-state index contributed by atoms with van der Waals surface area (Å²) in [6, 6.07) is 28.4. The van der Waals surface area contributed by atoms with Crippen LogP contribution in [0.2, 0.25) is 10.0 Å². The highest BCUT2D eigenvalue weighted by atomic mass is 35.5. The third-order valence-electron chi connectivity index (χ3n) is 5.56. The van der Waals surface area contributed by atoms with Crippen LogP contribution in [-0.2, 0) is 12.8 Å². The highest BCUT2D eigenvalue weighted by molar-refractivity contribution is 6.30. The molecule has 0 aliphatic carbocycles. The Labute approximate surface area is 252 Å². The molecular weight excluding hydrogens is 559 g/mol. The summed E-state index contributed by atoms with van der Waals surface area (Å²) in [5.41, 5.74) is 9.86. The number of hydrogen-bond acceptors (Lipinski definition) is 3. The fourth-order valence-corrected chi connectivity index (χ4v) is 3.77. The predicted octanol–water partition coefficient (Wildman–Crippen LogP) is 9.02. The summed E-state index contributed by atoms with van der Waals surface area (Å²) in [4.78, 5) is 8.58. The standard InChI is InChI=1S/C16H15ClFN.C9H10ClN.C9H12FN/c1-12(10-13-4-8-16(18)9-5-13)19-11-14-2-6-15(17)7-3-14;1-2-11-7-8-3-5-9(10)6-4-8;1-7(11)6-8-2-4-9(10)5-3-8/h2-9,11-12H,10H2,1H3;3-7H,2H2,1H3;2-5,7H,6,11H2,1H3/t12-;;7-/m1.1/s1. The summed E-state index contributed by atoms with van der Waals surface area (Å²) in [6.07, 6.45) is 5.28. The van der Waals surface area contributed by atoms with Crippen molar-refractivity contribution in [3.05, 3.63) is 141 Å². The van der Waals surface area contributed by atoms with Gasteiger partial charge in [0.2, 0.25) is 0 Å². The van der Waals surface area contributed by atoms with Gasteiger partial charge in [-0.2, -0.15) is 0 Å². The van der Waals surface area contributed by atoms with Gasteiger partial charge in [0.15, 0.2) is 0 Å². The number of hydrogen-bond donors (Lipinski definition) is 1. The second-order valence-corrected chi connectivity index (χ2v) is 10.4. The van der Waals surface area contributed by atoms with Crippen LogP contribution in [0.1, 0.15) is 43.0 Å². The van der Waals surface area contributed by atoms with Crippen LogP contribution in [-0.4, -0.2) is 31.1 Å². The molecule has 0 radical (unpaired) electrons. The van der Waals surface area contributed by atoms with Gasteiger partial charge in [-0.3, -0.25) is 9.98 Å². The zero-order chi connectivity index (χ0) is 30.0. The number of aliphatic imine (C=N–C) groups is 2. The Morgan fingerprint density at radius 3 is 1.49 bits per heavy atom. The molecule has 4 aromatic rings. The Morgan fingerprint density at radius 2 is 1.07 bits per heavy atom. The number of rotatable bonds is 8. The molecule has 2 atom stereocenters. The lowest BCUT2D eigenvalue weighted by atomic mass is 10.1. The van der Waals surface area contributed by atoms with Crippen molar-refractivity contribution in [1.29, 1.82) is 0 Å². The first-order valence-corrected chi connectivity index (χ1v) is 14.2. The lowest BCUT2D eigenvalue weighted by molar-refractivity contribution is 0.625. The average molecular weight is 597 g/mol. The van der Waals surface area contributed by atoms with Crippen molar-refractivity contribution in [2.45, 2.75) is 45.7 Å². The van der Waals surface area contributed by atoms with Gasteiger partial charge >= 0.3 is 0 Å². The van der Waals surface area contributed by atoms with Crippen molar-refractivity contribution in [2.75, 3.05) is 6.54 Å². The minimum absolute atomic E-state index is 0.139. The largest absolute Gasteiger partial charge is 0.328 e. The van der Waals surface area contributed by atoms with Crippen molar-refractivity contribution < 1.29 is 8.78 Å². The van der Waals surface area contributed by atoms with Gasteiger partial charge in [-0.05, 0) is 104 Å². The first-order chi connectivity index (χ1) is 19.6. The SMILES string of the molecule is CCN=Cc1ccc(Cl)cc1.C[C@@H](N)Cc1ccc(F)cc1.C[C@H](Cc1ccc(F)cc1)N=Cc1ccc(Cl)cc1. The molecule has 216 valence electrons. The topological polar surface area (TPSA) is 50.7 Å². The second-order valence-electron chi connectivity index (χ2n) is 9.50. The first kappa shape index (κ1) is 33.8. The predicted molar refractivity (Wildman–Crippen MR) is 172 cm³/mol. The van der Waals surface area contributed by atoms with E-state index in [0.29, 0.717) is 0 Å². The molecule has 0 aromatic heterocycles. The highest BCUT2D eigenvalue weighted by Crippen LogP contribution is 2.11. The molecule has 4 aromatic carbocycles. The van der Waals surface area contributed by atoms with E-state index in [1.807, 2.05) is 81.7 Å². The molecule has 7 heteroatoms. The van der Waals surface area contributed by atoms with Gasteiger partial charge in [-0.15, -0.1) is 0 Å². The fourth-order valence-electron chi connectivity index (χ4n) is 3.51. The summed E-state index contributed by atoms with van der Waals surface area (Å²) < 4.78 is 25.2. The minimum Gasteiger partial charge on any atom is -0.328 e. The minimum atomic E-state index is -0.207. The third kappa shape index (κ3) is 15.3. The summed E-state index contributed by atoms with van der Waals surface area (Å²) in [5, 5.41) is 1.48. The molecule has 0 bridgehead atoms. The van der Waals surface area contributed by atoms with Gasteiger partial charge < -0.3 is 5.73 Å². The Kier molecular flexibility index (Phi) is 15.6. The Bertz CT molecular complexity index is 1320. The summed E-state index contributed by atoms with van der Waals surface area (Å²) in [5.74, 6) is -0.403. The molecule has 41 heavy (non-hydrogen) atoms. The molecule has 0 heterocycles. The van der Waals surface area contributed by atoms with E-state index in [-0.39, 0.29) is 23.7 Å². The van der Waals surface area contributed by atoms with Crippen LogP contribution in [0, 0.1) is 11.6 Å². The molecule has 4 rings (SSSR count). The van der Waals surface area contributed by atoms with E-state index < -0.39 is 0 Å². The van der Waals surface area contributed by atoms with E-state index in [9.17, 15) is 8.78 Å². The fraction of sp³-hybridized carbons (Fsp3) is 0.235. The van der Waals surface area contributed by atoms with Crippen LogP contribution < -0.4 is 5.73 Å². The van der Waals surface area contributed by atoms with E-state index in [0.717, 1.165) is 51.7 Å². The van der Waals surface area contributed by atoms with Gasteiger partial charge in [-0.25, -0.2) is 8.78 Å². The van der Waals surface area contributed by atoms with Crippen LogP contribution >= 0.6 is 23.2 Å². The number of nitrogens with zero attached hydrogens (tertiary/aromatic N) is 2. The summed E-state index contributed by atoms with van der Waals surface area (Å²) in [6.45, 7) is 6.80. The van der Waals surface area contributed by atoms with Crippen molar-refractivity contribution >= 4 is 35.6 Å². The van der Waals surface area contributed by atoms with E-state index >= 15 is 0 Å². The molecule has 0 saturated carbocycles. The molecule has 0 amide bonds. The maximum atomic E-state index is 12.8. The van der Waals surface area contributed by atoms with Crippen molar-refractivity contribution in [1.82, 2.24) is 0 Å². The maximum Gasteiger partial charge on any atom is 0.123 e. The van der Waals surface area contributed by atoms with Crippen LogP contribution in [0.3, 0.4) is 0 Å². The molecule has 3 nitrogen and oxygen atoms in total. The van der Waals surface area contributed by atoms with Crippen molar-refractivity contribution in [2.24, 2.45) is 15.7 Å². The summed E-state index contributed by atoms with van der Waals surface area (Å²) in [7, 11) is 0. The van der Waals surface area contributed by atoms with Gasteiger partial charge in [0, 0.05) is 35.1 Å². The quantitative estimate of drug-likeness (QED) is 0.203. The van der Waals surface area contributed by atoms with E-state index in [2.05, 4.69) is 9.98 Å². The second kappa shape index (κ2) is 18.9. The van der Waals surface area contributed by atoms with Gasteiger partial charge in [0.05, 0.1) is 6.04 Å². The van der Waals surface area contributed by atoms with Crippen LogP contribution in [0.25, 0.3) is 0 Å². The molecule has 0 saturated heterocycles. The van der Waals surface area contributed by atoms with E-state index in [1.54, 1.807) is 24.3 Å². The zero-order valence-corrected chi connectivity index (χ0v) is 25.2. The average Bonchev–Trinajstić information content (AvgIpc) is 2.95. The van der Waals surface area contributed by atoms with Gasteiger partial charge in [0.25, 0.3) is 0 Å². The maximum absolute atomic E-state index is 12.8. The molecule has 0 spiro atoms. The molecule has 0 aliphatic heterocycles. The third-order valence-corrected chi connectivity index (χ3v) is 6.06. The van der Waals surface area contributed by atoms with Gasteiger partial charge in [-0.1, -0.05) is 71.7 Å². The van der Waals surface area contributed by atoms with Crippen LogP contribution in [0.5, 0.6) is 0 Å². The lowest BCUT2D eigenvalue weighted by Gasteiger charge is -2.06. The monoisotopic (exact) mass is 595 g/mol. The van der Waals surface area contributed by atoms with Crippen LogP contribution in [0.4, 0.5) is 8.78 Å². The molecule has 0 aliphatic rings. The number of halogens is 4. The molecular formula is C34H37Cl2F2N3. The molecule has 0 fully saturated rings. The van der Waals surface area contributed by atoms with Crippen LogP contribution in [0.15, 0.2) is 107 Å². The van der Waals surface area contributed by atoms with Crippen molar-refractivity contribution in [3.63, 3.8) is 0 Å². The highest BCUT2D eigenvalue weighted by Gasteiger charge is 2.01. The Hall–Kier alpha value is -3.38. The summed E-state index contributed by atoms with van der Waals surface area (Å²) >= 11 is 11.5. The number of nitrogens with two attached hydrogens (primary N) is 1. The molecule has 2 N–H and O–H groups in total. The first-order valence-electron chi connectivity index (χ1n) is 13.4. The van der Waals surface area contributed by atoms with Crippen molar-refractivity contribution in [3.8, 4) is 0 Å². The normalized spacial score (nSPS) is 12.3. The Balaban J connectivity index is 0.000000230. The van der Waals surface area contributed by atoms with E-state index in [1.165, 1.54) is 24.3 Å². The smallest absolute Gasteiger partial charge is 0.123 e.